The van der Waals surface area contributed by atoms with Crippen LogP contribution < -0.4 is 5.32 Å². The molecule has 0 atom stereocenters. The largest absolute Gasteiger partial charge is 0.332 e. The summed E-state index contributed by atoms with van der Waals surface area (Å²) in [6, 6.07) is 8.81. The fourth-order valence-electron chi connectivity index (χ4n) is 3.60. The first-order valence-corrected chi connectivity index (χ1v) is 12.7. The number of nitrogens with one attached hydrogen (secondary N) is 1. The standard InChI is InChI=1S/C23H37N3.C8H6/c1-5-6-7-8-9-10-11-12-21-24-22(26-23(3,4)25-21)18-17-20-15-13-19(2)14-16-20;1-3-5-7-8-6-4-2/h13-16H,5-12,17-18H2,1-4H3,(H,24,25,26);1-2H3. The normalized spacial score (nSPS) is 13.1. The zero-order valence-electron chi connectivity index (χ0n) is 22.3. The van der Waals surface area contributed by atoms with E-state index in [0.29, 0.717) is 0 Å². The molecule has 0 spiro atoms. The summed E-state index contributed by atoms with van der Waals surface area (Å²) in [6.45, 7) is 12.1. The molecule has 0 saturated heterocycles. The lowest BCUT2D eigenvalue weighted by Crippen LogP contribution is -2.39. The van der Waals surface area contributed by atoms with Gasteiger partial charge in [0.05, 0.1) is 0 Å². The van der Waals surface area contributed by atoms with Gasteiger partial charge in [0.15, 0.2) is 0 Å². The molecule has 0 fully saturated rings. The molecule has 1 N–H and O–H groups in total. The first kappa shape index (κ1) is 29.1. The lowest BCUT2D eigenvalue weighted by molar-refractivity contribution is 0.533. The van der Waals surface area contributed by atoms with Gasteiger partial charge in [0.2, 0.25) is 0 Å². The van der Waals surface area contributed by atoms with E-state index < -0.39 is 0 Å². The maximum Gasteiger partial charge on any atom is 0.148 e. The third-order valence-electron chi connectivity index (χ3n) is 5.33. The maximum absolute atomic E-state index is 4.80. The Kier molecular flexibility index (Phi) is 15.0. The number of unbranched alkanes of at least 4 members (excludes halogenated alkanes) is 6. The zero-order valence-corrected chi connectivity index (χ0v) is 22.3. The molecular formula is C31H43N3. The average Bonchev–Trinajstić information content (AvgIpc) is 2.80. The number of rotatable bonds is 11. The summed E-state index contributed by atoms with van der Waals surface area (Å²) in [5.74, 6) is 17.7. The van der Waals surface area contributed by atoms with Crippen LogP contribution in [0.15, 0.2) is 34.3 Å². The monoisotopic (exact) mass is 457 g/mol. The predicted octanol–water partition coefficient (Wildman–Crippen LogP) is 7.24. The van der Waals surface area contributed by atoms with E-state index in [2.05, 4.69) is 92.8 Å². The van der Waals surface area contributed by atoms with Crippen molar-refractivity contribution >= 4 is 11.7 Å². The van der Waals surface area contributed by atoms with Crippen LogP contribution in [0.5, 0.6) is 0 Å². The van der Waals surface area contributed by atoms with Gasteiger partial charge in [-0.1, -0.05) is 87.1 Å². The molecule has 0 unspecified atom stereocenters. The number of aliphatic imine (C=N–C) groups is 2. The lowest BCUT2D eigenvalue weighted by atomic mass is 10.1. The van der Waals surface area contributed by atoms with Crippen molar-refractivity contribution in [2.24, 2.45) is 9.98 Å². The highest BCUT2D eigenvalue weighted by atomic mass is 15.2. The number of benzene rings is 1. The second-order valence-electron chi connectivity index (χ2n) is 9.09. The Hall–Kier alpha value is -2.96. The summed E-state index contributed by atoms with van der Waals surface area (Å²) >= 11 is 0. The van der Waals surface area contributed by atoms with Gasteiger partial charge < -0.3 is 5.32 Å². The zero-order chi connectivity index (χ0) is 25.1. The van der Waals surface area contributed by atoms with E-state index in [1.165, 1.54) is 56.1 Å². The molecule has 2 rings (SSSR count). The van der Waals surface area contributed by atoms with Crippen LogP contribution in [0, 0.1) is 42.4 Å². The van der Waals surface area contributed by atoms with Crippen LogP contribution in [0.3, 0.4) is 0 Å². The van der Waals surface area contributed by atoms with Crippen molar-refractivity contribution in [1.29, 1.82) is 0 Å². The first-order chi connectivity index (χ1) is 16.4. The SMILES string of the molecule is CC#CC#CC#CC.CCCCCCCCCC1=NC(C)(C)N=C(CCc2ccc(C)cc2)N1. The van der Waals surface area contributed by atoms with Gasteiger partial charge in [0.25, 0.3) is 0 Å². The van der Waals surface area contributed by atoms with E-state index in [1.807, 2.05) is 0 Å². The Bertz CT molecular complexity index is 937. The summed E-state index contributed by atoms with van der Waals surface area (Å²) in [4.78, 5) is 9.59. The molecule has 1 aromatic rings. The van der Waals surface area contributed by atoms with Gasteiger partial charge in [-0.05, 0) is 76.7 Å². The molecule has 1 heterocycles. The summed E-state index contributed by atoms with van der Waals surface area (Å²) in [5, 5.41) is 3.50. The third kappa shape index (κ3) is 14.2. The molecular weight excluding hydrogens is 414 g/mol. The van der Waals surface area contributed by atoms with E-state index in [1.54, 1.807) is 13.8 Å². The summed E-state index contributed by atoms with van der Waals surface area (Å²) in [7, 11) is 0. The molecule has 182 valence electrons. The minimum Gasteiger partial charge on any atom is -0.332 e. The van der Waals surface area contributed by atoms with E-state index >= 15 is 0 Å². The second kappa shape index (κ2) is 17.5. The highest BCUT2D eigenvalue weighted by Crippen LogP contribution is 2.18. The van der Waals surface area contributed by atoms with Crippen molar-refractivity contribution in [1.82, 2.24) is 5.32 Å². The van der Waals surface area contributed by atoms with Gasteiger partial charge in [-0.2, -0.15) is 0 Å². The molecule has 3 nitrogen and oxygen atoms in total. The van der Waals surface area contributed by atoms with E-state index in [0.717, 1.165) is 30.9 Å². The maximum atomic E-state index is 4.80. The third-order valence-corrected chi connectivity index (χ3v) is 5.33. The highest BCUT2D eigenvalue weighted by molar-refractivity contribution is 6.02. The average molecular weight is 458 g/mol. The second-order valence-corrected chi connectivity index (χ2v) is 9.09. The molecule has 0 bridgehead atoms. The number of hydrogen-bond acceptors (Lipinski definition) is 3. The van der Waals surface area contributed by atoms with Crippen LogP contribution in [0.25, 0.3) is 0 Å². The molecule has 0 aromatic heterocycles. The van der Waals surface area contributed by atoms with Crippen LogP contribution in [-0.2, 0) is 6.42 Å². The smallest absolute Gasteiger partial charge is 0.148 e. The minimum atomic E-state index is -0.329. The van der Waals surface area contributed by atoms with Crippen molar-refractivity contribution in [3.8, 4) is 35.5 Å². The molecule has 34 heavy (non-hydrogen) atoms. The van der Waals surface area contributed by atoms with E-state index in [-0.39, 0.29) is 5.66 Å². The summed E-state index contributed by atoms with van der Waals surface area (Å²) in [6.07, 6.45) is 12.4. The summed E-state index contributed by atoms with van der Waals surface area (Å²) in [5.41, 5.74) is 2.35. The molecule has 3 heteroatoms. The van der Waals surface area contributed by atoms with Crippen LogP contribution in [-0.4, -0.2) is 17.3 Å². The number of hydrogen-bond donors (Lipinski definition) is 1. The van der Waals surface area contributed by atoms with Crippen molar-refractivity contribution in [3.05, 3.63) is 35.4 Å². The van der Waals surface area contributed by atoms with Gasteiger partial charge in [-0.3, -0.25) is 0 Å². The van der Waals surface area contributed by atoms with Crippen molar-refractivity contribution in [3.63, 3.8) is 0 Å². The van der Waals surface area contributed by atoms with Gasteiger partial charge >= 0.3 is 0 Å². The number of amidine groups is 2. The molecule has 1 aliphatic rings. The van der Waals surface area contributed by atoms with Crippen LogP contribution in [0.2, 0.25) is 0 Å². The van der Waals surface area contributed by atoms with Gasteiger partial charge in [0.1, 0.15) is 17.3 Å². The van der Waals surface area contributed by atoms with Crippen molar-refractivity contribution < 1.29 is 0 Å². The molecule has 0 radical (unpaired) electrons. The predicted molar refractivity (Wildman–Crippen MR) is 149 cm³/mol. The van der Waals surface area contributed by atoms with Gasteiger partial charge in [-0.25, -0.2) is 9.98 Å². The van der Waals surface area contributed by atoms with Crippen LogP contribution in [0.4, 0.5) is 0 Å². The fraction of sp³-hybridized carbons (Fsp3) is 0.548. The molecule has 0 aliphatic carbocycles. The molecule has 1 aromatic carbocycles. The molecule has 0 amide bonds. The van der Waals surface area contributed by atoms with Gasteiger partial charge in [-0.15, -0.1) is 0 Å². The Labute approximate surface area is 209 Å². The van der Waals surface area contributed by atoms with E-state index in [4.69, 9.17) is 9.98 Å². The number of nitrogens with zero attached hydrogens (tertiary/aromatic N) is 2. The summed E-state index contributed by atoms with van der Waals surface area (Å²) < 4.78 is 0. The Morgan fingerprint density at radius 3 is 1.79 bits per heavy atom. The Morgan fingerprint density at radius 2 is 1.24 bits per heavy atom. The van der Waals surface area contributed by atoms with Gasteiger partial charge in [0, 0.05) is 12.8 Å². The molecule has 1 aliphatic heterocycles. The molecule has 0 saturated carbocycles. The topological polar surface area (TPSA) is 36.8 Å². The Morgan fingerprint density at radius 1 is 0.706 bits per heavy atom. The quantitative estimate of drug-likeness (QED) is 0.276. The fourth-order valence-corrected chi connectivity index (χ4v) is 3.60. The first-order valence-electron chi connectivity index (χ1n) is 12.7. The van der Waals surface area contributed by atoms with Crippen molar-refractivity contribution in [2.45, 2.75) is 111 Å². The highest BCUT2D eigenvalue weighted by Gasteiger charge is 2.22. The lowest BCUT2D eigenvalue weighted by Gasteiger charge is -2.26. The van der Waals surface area contributed by atoms with Crippen LogP contribution in [0.1, 0.15) is 104 Å². The number of aryl methyl sites for hydroxylation is 2. The minimum absolute atomic E-state index is 0.329. The van der Waals surface area contributed by atoms with E-state index in [9.17, 15) is 0 Å². The van der Waals surface area contributed by atoms with Crippen molar-refractivity contribution in [2.75, 3.05) is 0 Å². The van der Waals surface area contributed by atoms with Crippen LogP contribution >= 0.6 is 0 Å². The Balaban J connectivity index is 0.000000620.